The molecule has 0 spiro atoms. The number of hydrogen-bond donors (Lipinski definition) is 2. The molecule has 0 aliphatic carbocycles. The summed E-state index contributed by atoms with van der Waals surface area (Å²) in [5.74, 6) is -1.09. The summed E-state index contributed by atoms with van der Waals surface area (Å²) >= 11 is 0. The van der Waals surface area contributed by atoms with Crippen molar-refractivity contribution in [3.05, 3.63) is 65.2 Å². The minimum Gasteiger partial charge on any atom is -0.480 e. The lowest BCUT2D eigenvalue weighted by Crippen LogP contribution is -2.48. The third kappa shape index (κ3) is 4.06. The molecule has 25 heavy (non-hydrogen) atoms. The third-order valence-electron chi connectivity index (χ3n) is 4.62. The number of benzene rings is 2. The van der Waals surface area contributed by atoms with Gasteiger partial charge in [0.1, 0.15) is 6.04 Å². The van der Waals surface area contributed by atoms with E-state index in [1.54, 1.807) is 4.90 Å². The standard InChI is InChI=1S/C20H22N2O3/c1-2-14-7-9-17(10-8-14)21-19(23)13-22-12-16-6-4-3-5-15(16)11-18(22)20(24)25/h3-10,18H,2,11-13H2,1H3,(H,21,23)(H,24,25). The predicted octanol–water partition coefficient (Wildman–Crippen LogP) is 2.70. The first kappa shape index (κ1) is 17.2. The van der Waals surface area contributed by atoms with E-state index in [1.165, 1.54) is 5.56 Å². The molecule has 130 valence electrons. The van der Waals surface area contributed by atoms with Gasteiger partial charge in [-0.25, -0.2) is 0 Å². The number of nitrogens with zero attached hydrogens (tertiary/aromatic N) is 1. The second-order valence-corrected chi connectivity index (χ2v) is 6.33. The Morgan fingerprint density at radius 1 is 1.12 bits per heavy atom. The number of hydrogen-bond acceptors (Lipinski definition) is 3. The van der Waals surface area contributed by atoms with Gasteiger partial charge in [-0.05, 0) is 41.7 Å². The van der Waals surface area contributed by atoms with Gasteiger partial charge in [0.25, 0.3) is 0 Å². The van der Waals surface area contributed by atoms with Crippen molar-refractivity contribution < 1.29 is 14.7 Å². The monoisotopic (exact) mass is 338 g/mol. The van der Waals surface area contributed by atoms with E-state index < -0.39 is 12.0 Å². The van der Waals surface area contributed by atoms with E-state index in [-0.39, 0.29) is 12.5 Å². The molecule has 5 nitrogen and oxygen atoms in total. The molecule has 1 heterocycles. The zero-order chi connectivity index (χ0) is 17.8. The zero-order valence-electron chi connectivity index (χ0n) is 14.2. The molecule has 1 amide bonds. The van der Waals surface area contributed by atoms with Crippen molar-refractivity contribution in [2.24, 2.45) is 0 Å². The van der Waals surface area contributed by atoms with Crippen LogP contribution in [-0.4, -0.2) is 34.5 Å². The van der Waals surface area contributed by atoms with E-state index >= 15 is 0 Å². The lowest BCUT2D eigenvalue weighted by molar-refractivity contribution is -0.144. The lowest BCUT2D eigenvalue weighted by atomic mass is 9.94. The van der Waals surface area contributed by atoms with E-state index in [4.69, 9.17) is 0 Å². The Kier molecular flexibility index (Phi) is 5.14. The minimum atomic E-state index is -0.894. The van der Waals surface area contributed by atoms with Crippen molar-refractivity contribution in [3.63, 3.8) is 0 Å². The first-order valence-electron chi connectivity index (χ1n) is 8.49. The van der Waals surface area contributed by atoms with Crippen LogP contribution >= 0.6 is 0 Å². The number of carbonyl (C=O) groups excluding carboxylic acids is 1. The fourth-order valence-corrected chi connectivity index (χ4v) is 3.20. The largest absolute Gasteiger partial charge is 0.480 e. The van der Waals surface area contributed by atoms with Gasteiger partial charge in [-0.3, -0.25) is 14.5 Å². The smallest absolute Gasteiger partial charge is 0.321 e. The quantitative estimate of drug-likeness (QED) is 0.879. The lowest BCUT2D eigenvalue weighted by Gasteiger charge is -2.33. The average molecular weight is 338 g/mol. The van der Waals surface area contributed by atoms with Gasteiger partial charge >= 0.3 is 5.97 Å². The Morgan fingerprint density at radius 3 is 2.44 bits per heavy atom. The average Bonchev–Trinajstić information content (AvgIpc) is 2.61. The van der Waals surface area contributed by atoms with Crippen LogP contribution in [0.4, 0.5) is 5.69 Å². The summed E-state index contributed by atoms with van der Waals surface area (Å²) in [6.07, 6.45) is 1.37. The number of aryl methyl sites for hydroxylation is 1. The molecule has 0 bridgehead atoms. The highest BCUT2D eigenvalue weighted by Crippen LogP contribution is 2.23. The first-order chi connectivity index (χ1) is 12.1. The maximum Gasteiger partial charge on any atom is 0.321 e. The Labute approximate surface area is 147 Å². The summed E-state index contributed by atoms with van der Waals surface area (Å²) in [5.41, 5.74) is 4.06. The zero-order valence-corrected chi connectivity index (χ0v) is 14.2. The van der Waals surface area contributed by atoms with Crippen LogP contribution < -0.4 is 5.32 Å². The number of fused-ring (bicyclic) bond motifs is 1. The van der Waals surface area contributed by atoms with Crippen molar-refractivity contribution in [1.29, 1.82) is 0 Å². The van der Waals surface area contributed by atoms with Crippen molar-refractivity contribution >= 4 is 17.6 Å². The SMILES string of the molecule is CCc1ccc(NC(=O)CN2Cc3ccccc3CC2C(=O)O)cc1. The topological polar surface area (TPSA) is 69.6 Å². The van der Waals surface area contributed by atoms with Crippen LogP contribution in [0.5, 0.6) is 0 Å². The number of carbonyl (C=O) groups is 2. The number of nitrogens with one attached hydrogen (secondary N) is 1. The van der Waals surface area contributed by atoms with Crippen LogP contribution in [-0.2, 0) is 29.0 Å². The number of aliphatic carboxylic acids is 1. The number of rotatable bonds is 5. The second kappa shape index (κ2) is 7.49. The second-order valence-electron chi connectivity index (χ2n) is 6.33. The molecule has 1 aliphatic rings. The molecule has 0 aromatic heterocycles. The van der Waals surface area contributed by atoms with E-state index in [0.29, 0.717) is 13.0 Å². The minimum absolute atomic E-state index is 0.0564. The molecule has 2 aromatic rings. The molecule has 0 fully saturated rings. The normalized spacial score (nSPS) is 16.9. The van der Waals surface area contributed by atoms with Gasteiger partial charge in [0.05, 0.1) is 6.54 Å². The Hall–Kier alpha value is -2.66. The van der Waals surface area contributed by atoms with Crippen LogP contribution in [0.1, 0.15) is 23.6 Å². The molecule has 0 saturated carbocycles. The Bertz CT molecular complexity index is 771. The maximum absolute atomic E-state index is 12.4. The molecule has 5 heteroatoms. The molecular formula is C20H22N2O3. The summed E-state index contributed by atoms with van der Waals surface area (Å²) in [4.78, 5) is 25.7. The fourth-order valence-electron chi connectivity index (χ4n) is 3.20. The van der Waals surface area contributed by atoms with Gasteiger partial charge < -0.3 is 10.4 Å². The van der Waals surface area contributed by atoms with E-state index in [2.05, 4.69) is 12.2 Å². The van der Waals surface area contributed by atoms with Crippen LogP contribution in [0.25, 0.3) is 0 Å². The highest BCUT2D eigenvalue weighted by atomic mass is 16.4. The van der Waals surface area contributed by atoms with E-state index in [9.17, 15) is 14.7 Å². The Balaban J connectivity index is 1.69. The molecule has 2 aromatic carbocycles. The highest BCUT2D eigenvalue weighted by Gasteiger charge is 2.32. The summed E-state index contributed by atoms with van der Waals surface area (Å²) in [7, 11) is 0. The van der Waals surface area contributed by atoms with Crippen molar-refractivity contribution in [3.8, 4) is 0 Å². The molecule has 3 rings (SSSR count). The highest BCUT2D eigenvalue weighted by molar-refractivity contribution is 5.92. The number of anilines is 1. The Morgan fingerprint density at radius 2 is 1.80 bits per heavy atom. The van der Waals surface area contributed by atoms with Gasteiger partial charge in [-0.15, -0.1) is 0 Å². The molecule has 1 atom stereocenters. The van der Waals surface area contributed by atoms with Gasteiger partial charge in [0, 0.05) is 12.2 Å². The summed E-state index contributed by atoms with van der Waals surface area (Å²) in [6.45, 7) is 2.60. The number of amides is 1. The van der Waals surface area contributed by atoms with Crippen molar-refractivity contribution in [1.82, 2.24) is 4.90 Å². The molecule has 1 aliphatic heterocycles. The molecule has 1 unspecified atom stereocenters. The predicted molar refractivity (Wildman–Crippen MR) is 96.4 cm³/mol. The summed E-state index contributed by atoms with van der Waals surface area (Å²) < 4.78 is 0. The third-order valence-corrected chi connectivity index (χ3v) is 4.62. The van der Waals surface area contributed by atoms with Gasteiger partial charge in [0.2, 0.25) is 5.91 Å². The first-order valence-corrected chi connectivity index (χ1v) is 8.49. The fraction of sp³-hybridized carbons (Fsp3) is 0.300. The number of carboxylic acids is 1. The van der Waals surface area contributed by atoms with Crippen LogP contribution in [0.15, 0.2) is 48.5 Å². The summed E-state index contributed by atoms with van der Waals surface area (Å²) in [5, 5.41) is 12.4. The van der Waals surface area contributed by atoms with Gasteiger partial charge in [0.15, 0.2) is 0 Å². The van der Waals surface area contributed by atoms with Crippen LogP contribution in [0, 0.1) is 0 Å². The molecule has 2 N–H and O–H groups in total. The van der Waals surface area contributed by atoms with Gasteiger partial charge in [-0.1, -0.05) is 43.3 Å². The van der Waals surface area contributed by atoms with Crippen molar-refractivity contribution in [2.75, 3.05) is 11.9 Å². The molecule has 0 saturated heterocycles. The summed E-state index contributed by atoms with van der Waals surface area (Å²) in [6, 6.07) is 14.8. The van der Waals surface area contributed by atoms with E-state index in [1.807, 2.05) is 48.5 Å². The maximum atomic E-state index is 12.4. The van der Waals surface area contributed by atoms with Gasteiger partial charge in [-0.2, -0.15) is 0 Å². The molecular weight excluding hydrogens is 316 g/mol. The molecule has 0 radical (unpaired) electrons. The van der Waals surface area contributed by atoms with Crippen molar-refractivity contribution in [2.45, 2.75) is 32.4 Å². The number of carboxylic acid groups (broad SMARTS) is 1. The van der Waals surface area contributed by atoms with Crippen LogP contribution in [0.2, 0.25) is 0 Å². The van der Waals surface area contributed by atoms with Crippen LogP contribution in [0.3, 0.4) is 0 Å². The van der Waals surface area contributed by atoms with E-state index in [0.717, 1.165) is 23.2 Å².